The van der Waals surface area contributed by atoms with Gasteiger partial charge in [0.25, 0.3) is 5.91 Å². The number of halogens is 3. The van der Waals surface area contributed by atoms with Crippen molar-refractivity contribution in [3.63, 3.8) is 0 Å². The van der Waals surface area contributed by atoms with Gasteiger partial charge in [0.05, 0.1) is 0 Å². The first-order valence-corrected chi connectivity index (χ1v) is 10.4. The van der Waals surface area contributed by atoms with E-state index in [9.17, 15) is 27.6 Å². The van der Waals surface area contributed by atoms with E-state index in [1.807, 2.05) is 31.2 Å². The Balaban J connectivity index is 1.62. The van der Waals surface area contributed by atoms with Gasteiger partial charge in [-0.1, -0.05) is 48.0 Å². The van der Waals surface area contributed by atoms with Crippen molar-refractivity contribution >= 4 is 29.6 Å². The molecule has 2 aromatic carbocycles. The summed E-state index contributed by atoms with van der Waals surface area (Å²) >= 11 is 1.49. The second-order valence-corrected chi connectivity index (χ2v) is 8.12. The van der Waals surface area contributed by atoms with Crippen molar-refractivity contribution in [1.29, 1.82) is 0 Å². The monoisotopic (exact) mass is 451 g/mol. The first-order chi connectivity index (χ1) is 14.6. The number of rotatable bonds is 7. The third-order valence-electron chi connectivity index (χ3n) is 4.75. The molecule has 1 heterocycles. The SMILES string of the molecule is Cc1ccc(SCCNC(=O)CN2C(=O)NC(c3ccccc3)(C(F)(F)F)C2=O)cc1. The molecule has 31 heavy (non-hydrogen) atoms. The molecular weight excluding hydrogens is 431 g/mol. The molecule has 1 unspecified atom stereocenters. The van der Waals surface area contributed by atoms with Crippen LogP contribution in [-0.4, -0.2) is 47.8 Å². The molecule has 1 atom stereocenters. The predicted octanol–water partition coefficient (Wildman–Crippen LogP) is 3.21. The number of hydrogen-bond donors (Lipinski definition) is 2. The van der Waals surface area contributed by atoms with E-state index in [-0.39, 0.29) is 6.54 Å². The quantitative estimate of drug-likeness (QED) is 0.385. The molecule has 1 aliphatic heterocycles. The van der Waals surface area contributed by atoms with Gasteiger partial charge in [0.2, 0.25) is 11.4 Å². The third-order valence-corrected chi connectivity index (χ3v) is 5.77. The Morgan fingerprint density at radius 3 is 2.35 bits per heavy atom. The van der Waals surface area contributed by atoms with Crippen molar-refractivity contribution in [2.75, 3.05) is 18.8 Å². The van der Waals surface area contributed by atoms with Crippen LogP contribution < -0.4 is 10.6 Å². The maximum Gasteiger partial charge on any atom is 0.425 e. The van der Waals surface area contributed by atoms with Crippen LogP contribution in [-0.2, 0) is 15.1 Å². The van der Waals surface area contributed by atoms with Crippen molar-refractivity contribution in [3.05, 3.63) is 65.7 Å². The van der Waals surface area contributed by atoms with Gasteiger partial charge < -0.3 is 10.6 Å². The maximum absolute atomic E-state index is 13.9. The molecule has 0 aliphatic carbocycles. The van der Waals surface area contributed by atoms with E-state index in [1.165, 1.54) is 30.0 Å². The van der Waals surface area contributed by atoms with Crippen molar-refractivity contribution < 1.29 is 27.6 Å². The molecule has 6 nitrogen and oxygen atoms in total. The van der Waals surface area contributed by atoms with E-state index >= 15 is 0 Å². The summed E-state index contributed by atoms with van der Waals surface area (Å²) in [5.41, 5.74) is -2.51. The van der Waals surface area contributed by atoms with Crippen molar-refractivity contribution in [2.24, 2.45) is 0 Å². The minimum Gasteiger partial charge on any atom is -0.354 e. The number of carbonyl (C=O) groups is 3. The fourth-order valence-corrected chi connectivity index (χ4v) is 3.92. The van der Waals surface area contributed by atoms with Gasteiger partial charge in [-0.2, -0.15) is 13.2 Å². The van der Waals surface area contributed by atoms with Gasteiger partial charge in [-0.3, -0.25) is 14.5 Å². The van der Waals surface area contributed by atoms with E-state index in [4.69, 9.17) is 0 Å². The second-order valence-electron chi connectivity index (χ2n) is 6.95. The lowest BCUT2D eigenvalue weighted by molar-refractivity contribution is -0.198. The number of imide groups is 1. The highest BCUT2D eigenvalue weighted by molar-refractivity contribution is 7.99. The van der Waals surface area contributed by atoms with Crippen LogP contribution in [0.15, 0.2) is 59.5 Å². The topological polar surface area (TPSA) is 78.5 Å². The van der Waals surface area contributed by atoms with Gasteiger partial charge in [0.15, 0.2) is 0 Å². The zero-order valence-electron chi connectivity index (χ0n) is 16.5. The largest absolute Gasteiger partial charge is 0.425 e. The zero-order valence-corrected chi connectivity index (χ0v) is 17.3. The van der Waals surface area contributed by atoms with Crippen LogP contribution in [0.2, 0.25) is 0 Å². The standard InChI is InChI=1S/C21H20F3N3O3S/c1-14-7-9-16(10-8-14)31-12-11-25-17(28)13-27-18(29)20(21(22,23)24,26-19(27)30)15-5-3-2-4-6-15/h2-10H,11-13H2,1H3,(H,25,28)(H,26,30). The molecule has 0 bridgehead atoms. The van der Waals surface area contributed by atoms with Crippen LogP contribution in [0.1, 0.15) is 11.1 Å². The smallest absolute Gasteiger partial charge is 0.354 e. The molecule has 1 aliphatic rings. The molecule has 4 amide bonds. The van der Waals surface area contributed by atoms with E-state index in [1.54, 1.807) is 5.32 Å². The number of urea groups is 1. The molecule has 3 rings (SSSR count). The van der Waals surface area contributed by atoms with Crippen molar-refractivity contribution in [2.45, 2.75) is 23.5 Å². The van der Waals surface area contributed by atoms with Gasteiger partial charge in [0, 0.05) is 17.2 Å². The Morgan fingerprint density at radius 2 is 1.74 bits per heavy atom. The van der Waals surface area contributed by atoms with Crippen LogP contribution in [0.5, 0.6) is 0 Å². The Morgan fingerprint density at radius 1 is 1.10 bits per heavy atom. The minimum absolute atomic E-state index is 0.226. The number of nitrogens with one attached hydrogen (secondary N) is 2. The number of benzene rings is 2. The summed E-state index contributed by atoms with van der Waals surface area (Å²) in [4.78, 5) is 38.4. The first-order valence-electron chi connectivity index (χ1n) is 9.37. The van der Waals surface area contributed by atoms with E-state index in [2.05, 4.69) is 5.32 Å². The van der Waals surface area contributed by atoms with Crippen LogP contribution in [0.25, 0.3) is 0 Å². The summed E-state index contributed by atoms with van der Waals surface area (Å²) in [6, 6.07) is 12.9. The summed E-state index contributed by atoms with van der Waals surface area (Å²) < 4.78 is 41.7. The van der Waals surface area contributed by atoms with Crippen LogP contribution >= 0.6 is 11.8 Å². The van der Waals surface area contributed by atoms with Gasteiger partial charge in [0.1, 0.15) is 6.54 Å². The lowest BCUT2D eigenvalue weighted by Gasteiger charge is -2.29. The highest BCUT2D eigenvalue weighted by Crippen LogP contribution is 2.43. The normalized spacial score (nSPS) is 18.8. The van der Waals surface area contributed by atoms with Crippen LogP contribution in [0.3, 0.4) is 0 Å². The molecule has 2 aromatic rings. The fourth-order valence-electron chi connectivity index (χ4n) is 3.15. The summed E-state index contributed by atoms with van der Waals surface area (Å²) in [5, 5.41) is 4.27. The number of aryl methyl sites for hydroxylation is 1. The second kappa shape index (κ2) is 9.01. The van der Waals surface area contributed by atoms with Crippen LogP contribution in [0, 0.1) is 6.92 Å². The van der Waals surface area contributed by atoms with Crippen LogP contribution in [0.4, 0.5) is 18.0 Å². The van der Waals surface area contributed by atoms with Gasteiger partial charge in [-0.15, -0.1) is 11.8 Å². The number of amides is 4. The molecule has 10 heteroatoms. The molecular formula is C21H20F3N3O3S. The van der Waals surface area contributed by atoms with Gasteiger partial charge >= 0.3 is 12.2 Å². The summed E-state index contributed by atoms with van der Waals surface area (Å²) in [6.07, 6.45) is -5.09. The minimum atomic E-state index is -5.09. The Hall–Kier alpha value is -3.01. The van der Waals surface area contributed by atoms with Crippen molar-refractivity contribution in [3.8, 4) is 0 Å². The number of hydrogen-bond acceptors (Lipinski definition) is 4. The molecule has 0 spiro atoms. The predicted molar refractivity (Wildman–Crippen MR) is 109 cm³/mol. The number of nitrogens with zero attached hydrogens (tertiary/aromatic N) is 1. The summed E-state index contributed by atoms with van der Waals surface area (Å²) in [6.45, 7) is 1.39. The summed E-state index contributed by atoms with van der Waals surface area (Å²) in [5.74, 6) is -1.73. The number of alkyl halides is 3. The van der Waals surface area contributed by atoms with E-state index in [0.29, 0.717) is 10.7 Å². The molecule has 0 saturated carbocycles. The molecule has 1 saturated heterocycles. The molecule has 164 valence electrons. The fraction of sp³-hybridized carbons (Fsp3) is 0.286. The van der Waals surface area contributed by atoms with E-state index < -0.39 is 41.7 Å². The molecule has 0 aromatic heterocycles. The number of carbonyl (C=O) groups excluding carboxylic acids is 3. The molecule has 2 N–H and O–H groups in total. The molecule has 0 radical (unpaired) electrons. The lowest BCUT2D eigenvalue weighted by Crippen LogP contribution is -2.56. The van der Waals surface area contributed by atoms with Gasteiger partial charge in [-0.05, 0) is 24.6 Å². The average molecular weight is 451 g/mol. The zero-order chi connectivity index (χ0) is 22.6. The molecule has 1 fully saturated rings. The third kappa shape index (κ3) is 4.68. The Labute approximate surface area is 181 Å². The average Bonchev–Trinajstić information content (AvgIpc) is 2.99. The maximum atomic E-state index is 13.9. The summed E-state index contributed by atoms with van der Waals surface area (Å²) in [7, 11) is 0. The Kier molecular flexibility index (Phi) is 6.59. The lowest BCUT2D eigenvalue weighted by atomic mass is 9.89. The van der Waals surface area contributed by atoms with Crippen molar-refractivity contribution in [1.82, 2.24) is 15.5 Å². The number of thioether (sulfide) groups is 1. The van der Waals surface area contributed by atoms with E-state index in [0.717, 1.165) is 22.6 Å². The highest BCUT2D eigenvalue weighted by atomic mass is 32.2. The Bertz CT molecular complexity index is 967. The highest BCUT2D eigenvalue weighted by Gasteiger charge is 2.68. The van der Waals surface area contributed by atoms with Gasteiger partial charge in [-0.25, -0.2) is 4.79 Å². The first kappa shape index (κ1) is 22.7.